The standard InChI is InChI=1S/C14H20ClN/c1-14(2,3)16-9-10-8-12(10)11-6-4-5-7-13(11)15/h4-7,10,12,16H,8-9H2,1-3H3. The Morgan fingerprint density at radius 2 is 2.00 bits per heavy atom. The van der Waals surface area contributed by atoms with Crippen LogP contribution in [-0.2, 0) is 0 Å². The summed E-state index contributed by atoms with van der Waals surface area (Å²) < 4.78 is 0. The van der Waals surface area contributed by atoms with Crippen molar-refractivity contribution in [1.29, 1.82) is 0 Å². The molecule has 1 saturated carbocycles. The van der Waals surface area contributed by atoms with E-state index < -0.39 is 0 Å². The van der Waals surface area contributed by atoms with E-state index in [0.717, 1.165) is 17.5 Å². The molecule has 0 aliphatic heterocycles. The van der Waals surface area contributed by atoms with E-state index in [1.54, 1.807) is 0 Å². The minimum atomic E-state index is 0.216. The first kappa shape index (κ1) is 11.9. The van der Waals surface area contributed by atoms with Crippen molar-refractivity contribution < 1.29 is 0 Å². The van der Waals surface area contributed by atoms with Gasteiger partial charge in [0.25, 0.3) is 0 Å². The van der Waals surface area contributed by atoms with Gasteiger partial charge in [-0.25, -0.2) is 0 Å². The fraction of sp³-hybridized carbons (Fsp3) is 0.571. The molecular formula is C14H20ClN. The van der Waals surface area contributed by atoms with Gasteiger partial charge in [-0.3, -0.25) is 0 Å². The normalized spacial score (nSPS) is 24.5. The minimum absolute atomic E-state index is 0.216. The molecule has 1 N–H and O–H groups in total. The molecular weight excluding hydrogens is 218 g/mol. The van der Waals surface area contributed by atoms with E-state index >= 15 is 0 Å². The summed E-state index contributed by atoms with van der Waals surface area (Å²) in [5.41, 5.74) is 1.54. The maximum absolute atomic E-state index is 6.19. The zero-order valence-electron chi connectivity index (χ0n) is 10.3. The lowest BCUT2D eigenvalue weighted by atomic mass is 10.1. The van der Waals surface area contributed by atoms with E-state index in [-0.39, 0.29) is 5.54 Å². The molecule has 2 unspecified atom stereocenters. The molecule has 0 saturated heterocycles. The number of benzene rings is 1. The van der Waals surface area contributed by atoms with Crippen molar-refractivity contribution in [2.45, 2.75) is 38.6 Å². The Morgan fingerprint density at radius 1 is 1.31 bits per heavy atom. The predicted molar refractivity (Wildman–Crippen MR) is 70.1 cm³/mol. The second-order valence-electron chi connectivity index (χ2n) is 5.75. The highest BCUT2D eigenvalue weighted by atomic mass is 35.5. The van der Waals surface area contributed by atoms with Gasteiger partial charge in [0, 0.05) is 10.6 Å². The van der Waals surface area contributed by atoms with E-state index in [0.29, 0.717) is 5.92 Å². The molecule has 1 aliphatic rings. The molecule has 1 aliphatic carbocycles. The monoisotopic (exact) mass is 237 g/mol. The van der Waals surface area contributed by atoms with Gasteiger partial charge in [-0.1, -0.05) is 29.8 Å². The molecule has 1 fully saturated rings. The Balaban J connectivity index is 1.90. The van der Waals surface area contributed by atoms with Gasteiger partial charge in [-0.05, 0) is 57.2 Å². The van der Waals surface area contributed by atoms with Gasteiger partial charge in [-0.2, -0.15) is 0 Å². The Morgan fingerprint density at radius 3 is 2.62 bits per heavy atom. The van der Waals surface area contributed by atoms with Crippen molar-refractivity contribution in [2.24, 2.45) is 5.92 Å². The molecule has 16 heavy (non-hydrogen) atoms. The number of rotatable bonds is 3. The van der Waals surface area contributed by atoms with Crippen molar-refractivity contribution in [3.8, 4) is 0 Å². The predicted octanol–water partition coefficient (Wildman–Crippen LogP) is 3.83. The zero-order valence-corrected chi connectivity index (χ0v) is 11.0. The molecule has 0 heterocycles. The van der Waals surface area contributed by atoms with Crippen LogP contribution in [0, 0.1) is 5.92 Å². The maximum atomic E-state index is 6.19. The largest absolute Gasteiger partial charge is 0.312 e. The first-order valence-corrected chi connectivity index (χ1v) is 6.34. The number of hydrogen-bond acceptors (Lipinski definition) is 1. The molecule has 1 aromatic carbocycles. The molecule has 1 nitrogen and oxygen atoms in total. The third-order valence-corrected chi connectivity index (χ3v) is 3.47. The fourth-order valence-corrected chi connectivity index (χ4v) is 2.34. The van der Waals surface area contributed by atoms with Crippen molar-refractivity contribution in [3.05, 3.63) is 34.9 Å². The van der Waals surface area contributed by atoms with E-state index in [1.165, 1.54) is 12.0 Å². The van der Waals surface area contributed by atoms with Gasteiger partial charge >= 0.3 is 0 Å². The quantitative estimate of drug-likeness (QED) is 0.843. The summed E-state index contributed by atoms with van der Waals surface area (Å²) in [4.78, 5) is 0. The molecule has 0 aromatic heterocycles. The maximum Gasteiger partial charge on any atom is 0.0440 e. The van der Waals surface area contributed by atoms with Crippen LogP contribution in [0.25, 0.3) is 0 Å². The molecule has 0 radical (unpaired) electrons. The van der Waals surface area contributed by atoms with Gasteiger partial charge in [0.05, 0.1) is 0 Å². The summed E-state index contributed by atoms with van der Waals surface area (Å²) in [6.45, 7) is 7.72. The Kier molecular flexibility index (Phi) is 3.27. The molecule has 2 atom stereocenters. The van der Waals surface area contributed by atoms with Gasteiger partial charge in [-0.15, -0.1) is 0 Å². The van der Waals surface area contributed by atoms with Crippen LogP contribution in [-0.4, -0.2) is 12.1 Å². The minimum Gasteiger partial charge on any atom is -0.312 e. The van der Waals surface area contributed by atoms with Crippen molar-refractivity contribution in [3.63, 3.8) is 0 Å². The summed E-state index contributed by atoms with van der Waals surface area (Å²) in [7, 11) is 0. The van der Waals surface area contributed by atoms with Crippen LogP contribution in [0.2, 0.25) is 5.02 Å². The van der Waals surface area contributed by atoms with Crippen molar-refractivity contribution >= 4 is 11.6 Å². The Hall–Kier alpha value is -0.530. The lowest BCUT2D eigenvalue weighted by Gasteiger charge is -2.20. The third-order valence-electron chi connectivity index (χ3n) is 3.12. The summed E-state index contributed by atoms with van der Waals surface area (Å²) in [6.07, 6.45) is 1.27. The first-order valence-electron chi connectivity index (χ1n) is 5.97. The van der Waals surface area contributed by atoms with Gasteiger partial charge in [0.1, 0.15) is 0 Å². The second kappa shape index (κ2) is 4.38. The SMILES string of the molecule is CC(C)(C)NCC1CC1c1ccccc1Cl. The highest BCUT2D eigenvalue weighted by molar-refractivity contribution is 6.31. The van der Waals surface area contributed by atoms with Crippen LogP contribution in [0.5, 0.6) is 0 Å². The van der Waals surface area contributed by atoms with Crippen molar-refractivity contribution in [1.82, 2.24) is 5.32 Å². The van der Waals surface area contributed by atoms with Gasteiger partial charge in [0.2, 0.25) is 0 Å². The lowest BCUT2D eigenvalue weighted by molar-refractivity contribution is 0.414. The van der Waals surface area contributed by atoms with E-state index in [1.807, 2.05) is 12.1 Å². The summed E-state index contributed by atoms with van der Waals surface area (Å²) >= 11 is 6.19. The molecule has 2 rings (SSSR count). The van der Waals surface area contributed by atoms with E-state index in [2.05, 4.69) is 38.2 Å². The van der Waals surface area contributed by atoms with Crippen molar-refractivity contribution in [2.75, 3.05) is 6.54 Å². The van der Waals surface area contributed by atoms with Crippen LogP contribution in [0.3, 0.4) is 0 Å². The Bertz CT molecular complexity index is 367. The van der Waals surface area contributed by atoms with E-state index in [4.69, 9.17) is 11.6 Å². The molecule has 0 spiro atoms. The number of hydrogen-bond donors (Lipinski definition) is 1. The summed E-state index contributed by atoms with van der Waals surface area (Å²) in [5.74, 6) is 1.43. The first-order chi connectivity index (χ1) is 7.47. The van der Waals surface area contributed by atoms with Gasteiger partial charge in [0.15, 0.2) is 0 Å². The molecule has 2 heteroatoms. The average molecular weight is 238 g/mol. The van der Waals surface area contributed by atoms with Crippen LogP contribution in [0.15, 0.2) is 24.3 Å². The number of nitrogens with one attached hydrogen (secondary N) is 1. The highest BCUT2D eigenvalue weighted by Crippen LogP contribution is 2.49. The van der Waals surface area contributed by atoms with Crippen LogP contribution >= 0.6 is 11.6 Å². The zero-order chi connectivity index (χ0) is 11.8. The fourth-order valence-electron chi connectivity index (χ4n) is 2.07. The Labute approximate surface area is 103 Å². The van der Waals surface area contributed by atoms with Crippen LogP contribution < -0.4 is 5.32 Å². The second-order valence-corrected chi connectivity index (χ2v) is 6.16. The molecule has 88 valence electrons. The highest BCUT2D eigenvalue weighted by Gasteiger charge is 2.39. The topological polar surface area (TPSA) is 12.0 Å². The lowest BCUT2D eigenvalue weighted by Crippen LogP contribution is -2.37. The smallest absolute Gasteiger partial charge is 0.0440 e. The molecule has 1 aromatic rings. The molecule has 0 bridgehead atoms. The molecule has 0 amide bonds. The van der Waals surface area contributed by atoms with Crippen LogP contribution in [0.4, 0.5) is 0 Å². The number of halogens is 1. The summed E-state index contributed by atoms with van der Waals surface area (Å²) in [5, 5.41) is 4.48. The van der Waals surface area contributed by atoms with Gasteiger partial charge < -0.3 is 5.32 Å². The summed E-state index contributed by atoms with van der Waals surface area (Å²) in [6, 6.07) is 8.22. The third kappa shape index (κ3) is 2.99. The van der Waals surface area contributed by atoms with Crippen LogP contribution in [0.1, 0.15) is 38.7 Å². The van der Waals surface area contributed by atoms with E-state index in [9.17, 15) is 0 Å². The average Bonchev–Trinajstić information content (AvgIpc) is 2.94.